The maximum absolute atomic E-state index is 4.53. The molecular formula is C12H16BrN5. The van der Waals surface area contributed by atoms with Gasteiger partial charge in [-0.3, -0.25) is 4.68 Å². The summed E-state index contributed by atoms with van der Waals surface area (Å²) in [6.07, 6.45) is 4.76. The zero-order valence-corrected chi connectivity index (χ0v) is 12.3. The lowest BCUT2D eigenvalue weighted by Gasteiger charge is -2.07. The van der Waals surface area contributed by atoms with Gasteiger partial charge < -0.3 is 5.32 Å². The van der Waals surface area contributed by atoms with E-state index < -0.39 is 0 Å². The molecule has 5 nitrogen and oxygen atoms in total. The predicted molar refractivity (Wildman–Crippen MR) is 75.5 cm³/mol. The molecule has 96 valence electrons. The molecule has 0 spiro atoms. The molecule has 0 aliphatic carbocycles. The first-order valence-corrected chi connectivity index (χ1v) is 6.68. The summed E-state index contributed by atoms with van der Waals surface area (Å²) < 4.78 is 2.65. The fraction of sp³-hybridized carbons (Fsp3) is 0.417. The Morgan fingerprint density at radius 1 is 1.44 bits per heavy atom. The topological polar surface area (TPSA) is 55.6 Å². The van der Waals surface area contributed by atoms with E-state index in [1.165, 1.54) is 0 Å². The van der Waals surface area contributed by atoms with Gasteiger partial charge in [0.05, 0.1) is 15.7 Å². The van der Waals surface area contributed by atoms with Crippen LogP contribution in [0.2, 0.25) is 0 Å². The minimum atomic E-state index is 0.697. The van der Waals surface area contributed by atoms with Crippen LogP contribution < -0.4 is 5.32 Å². The van der Waals surface area contributed by atoms with E-state index in [4.69, 9.17) is 0 Å². The lowest BCUT2D eigenvalue weighted by Crippen LogP contribution is -2.04. The van der Waals surface area contributed by atoms with Crippen molar-refractivity contribution in [3.8, 4) is 11.4 Å². The normalized spacial score (nSPS) is 10.7. The second-order valence-corrected chi connectivity index (χ2v) is 4.97. The van der Waals surface area contributed by atoms with Gasteiger partial charge in [0.1, 0.15) is 5.82 Å². The van der Waals surface area contributed by atoms with Gasteiger partial charge in [0, 0.05) is 26.0 Å². The number of halogens is 1. The molecule has 0 aromatic carbocycles. The van der Waals surface area contributed by atoms with Crippen molar-refractivity contribution in [1.29, 1.82) is 0 Å². The highest BCUT2D eigenvalue weighted by Gasteiger charge is 2.11. The quantitative estimate of drug-likeness (QED) is 0.943. The standard InChI is InChI=1S/C12H16BrN5/c1-4-5-14-12-10(13)6-15-11(16-12)9-7-18(3)17-8(9)2/h6-7H,4-5H2,1-3H3,(H,14,15,16). The van der Waals surface area contributed by atoms with E-state index in [-0.39, 0.29) is 0 Å². The molecule has 2 aromatic heterocycles. The second-order valence-electron chi connectivity index (χ2n) is 4.12. The van der Waals surface area contributed by atoms with Crippen LogP contribution in [0.25, 0.3) is 11.4 Å². The zero-order chi connectivity index (χ0) is 13.1. The maximum atomic E-state index is 4.53. The van der Waals surface area contributed by atoms with Crippen LogP contribution in [0.3, 0.4) is 0 Å². The SMILES string of the molecule is CCCNc1nc(-c2cn(C)nc2C)ncc1Br. The molecule has 0 aliphatic heterocycles. The monoisotopic (exact) mass is 309 g/mol. The molecule has 6 heteroatoms. The average Bonchev–Trinajstić information content (AvgIpc) is 2.67. The summed E-state index contributed by atoms with van der Waals surface area (Å²) in [4.78, 5) is 8.87. The van der Waals surface area contributed by atoms with Crippen LogP contribution in [0.5, 0.6) is 0 Å². The Morgan fingerprint density at radius 2 is 2.22 bits per heavy atom. The van der Waals surface area contributed by atoms with E-state index >= 15 is 0 Å². The van der Waals surface area contributed by atoms with Crippen molar-refractivity contribution in [3.05, 3.63) is 22.6 Å². The number of rotatable bonds is 4. The summed E-state index contributed by atoms with van der Waals surface area (Å²) >= 11 is 3.45. The number of hydrogen-bond donors (Lipinski definition) is 1. The molecule has 0 atom stereocenters. The van der Waals surface area contributed by atoms with Gasteiger partial charge in [0.15, 0.2) is 5.82 Å². The second kappa shape index (κ2) is 5.48. The highest BCUT2D eigenvalue weighted by atomic mass is 79.9. The van der Waals surface area contributed by atoms with Crippen LogP contribution >= 0.6 is 15.9 Å². The number of aryl methyl sites for hydroxylation is 2. The fourth-order valence-electron chi connectivity index (χ4n) is 1.68. The molecule has 2 heterocycles. The van der Waals surface area contributed by atoms with Crippen LogP contribution in [0.4, 0.5) is 5.82 Å². The first-order valence-electron chi connectivity index (χ1n) is 5.89. The summed E-state index contributed by atoms with van der Waals surface area (Å²) in [7, 11) is 1.89. The average molecular weight is 310 g/mol. The Labute approximate surface area is 115 Å². The molecule has 0 fully saturated rings. The Morgan fingerprint density at radius 3 is 2.83 bits per heavy atom. The van der Waals surface area contributed by atoms with Crippen molar-refractivity contribution >= 4 is 21.7 Å². The van der Waals surface area contributed by atoms with E-state index in [2.05, 4.69) is 43.2 Å². The molecule has 0 saturated carbocycles. The number of nitrogens with zero attached hydrogens (tertiary/aromatic N) is 4. The Hall–Kier alpha value is -1.43. The Kier molecular flexibility index (Phi) is 3.96. The molecule has 2 aromatic rings. The highest BCUT2D eigenvalue weighted by Crippen LogP contribution is 2.24. The van der Waals surface area contributed by atoms with Gasteiger partial charge in [-0.15, -0.1) is 0 Å². The van der Waals surface area contributed by atoms with Crippen LogP contribution in [0.15, 0.2) is 16.9 Å². The van der Waals surface area contributed by atoms with Gasteiger partial charge in [-0.1, -0.05) is 6.92 Å². The molecule has 1 N–H and O–H groups in total. The van der Waals surface area contributed by atoms with Gasteiger partial charge in [-0.2, -0.15) is 5.10 Å². The molecule has 18 heavy (non-hydrogen) atoms. The summed E-state index contributed by atoms with van der Waals surface area (Å²) in [6, 6.07) is 0. The van der Waals surface area contributed by atoms with E-state index in [0.29, 0.717) is 5.82 Å². The van der Waals surface area contributed by atoms with Crippen molar-refractivity contribution in [2.24, 2.45) is 7.05 Å². The van der Waals surface area contributed by atoms with Gasteiger partial charge in [-0.05, 0) is 29.3 Å². The van der Waals surface area contributed by atoms with Crippen molar-refractivity contribution in [2.75, 3.05) is 11.9 Å². The van der Waals surface area contributed by atoms with Crippen LogP contribution in [-0.2, 0) is 7.05 Å². The van der Waals surface area contributed by atoms with Crippen LogP contribution in [0.1, 0.15) is 19.0 Å². The maximum Gasteiger partial charge on any atom is 0.165 e. The lowest BCUT2D eigenvalue weighted by atomic mass is 10.2. The third kappa shape index (κ3) is 2.69. The highest BCUT2D eigenvalue weighted by molar-refractivity contribution is 9.10. The minimum Gasteiger partial charge on any atom is -0.369 e. The van der Waals surface area contributed by atoms with Crippen molar-refractivity contribution in [3.63, 3.8) is 0 Å². The Bertz CT molecular complexity index is 549. The lowest BCUT2D eigenvalue weighted by molar-refractivity contribution is 0.756. The zero-order valence-electron chi connectivity index (χ0n) is 10.7. The minimum absolute atomic E-state index is 0.697. The van der Waals surface area contributed by atoms with Crippen LogP contribution in [0, 0.1) is 6.92 Å². The summed E-state index contributed by atoms with van der Waals surface area (Å²) in [5.74, 6) is 1.52. The van der Waals surface area contributed by atoms with Gasteiger partial charge in [0.2, 0.25) is 0 Å². The summed E-state index contributed by atoms with van der Waals surface area (Å²) in [6.45, 7) is 4.97. The first kappa shape index (κ1) is 13.0. The van der Waals surface area contributed by atoms with Gasteiger partial charge in [-0.25, -0.2) is 9.97 Å². The van der Waals surface area contributed by atoms with E-state index in [1.54, 1.807) is 10.9 Å². The number of aromatic nitrogens is 4. The van der Waals surface area contributed by atoms with Crippen molar-refractivity contribution < 1.29 is 0 Å². The van der Waals surface area contributed by atoms with E-state index in [1.807, 2.05) is 20.2 Å². The van der Waals surface area contributed by atoms with Gasteiger partial charge in [0.25, 0.3) is 0 Å². The molecule has 0 saturated heterocycles. The third-order valence-electron chi connectivity index (χ3n) is 2.54. The number of hydrogen-bond acceptors (Lipinski definition) is 4. The molecule has 0 amide bonds. The van der Waals surface area contributed by atoms with E-state index in [9.17, 15) is 0 Å². The molecule has 0 aliphatic rings. The van der Waals surface area contributed by atoms with Crippen molar-refractivity contribution in [2.45, 2.75) is 20.3 Å². The summed E-state index contributed by atoms with van der Waals surface area (Å²) in [5.41, 5.74) is 1.89. The molecular weight excluding hydrogens is 294 g/mol. The largest absolute Gasteiger partial charge is 0.369 e. The summed E-state index contributed by atoms with van der Waals surface area (Å²) in [5, 5.41) is 7.58. The predicted octanol–water partition coefficient (Wildman–Crippen LogP) is 2.77. The van der Waals surface area contributed by atoms with E-state index in [0.717, 1.165) is 34.5 Å². The molecule has 0 radical (unpaired) electrons. The number of nitrogens with one attached hydrogen (secondary N) is 1. The molecule has 2 rings (SSSR count). The first-order chi connectivity index (χ1) is 8.61. The Balaban J connectivity index is 2.37. The number of anilines is 1. The fourth-order valence-corrected chi connectivity index (χ4v) is 2.01. The van der Waals surface area contributed by atoms with Crippen LogP contribution in [-0.4, -0.2) is 26.3 Å². The van der Waals surface area contributed by atoms with Crippen molar-refractivity contribution in [1.82, 2.24) is 19.7 Å². The molecule has 0 bridgehead atoms. The molecule has 0 unspecified atom stereocenters. The third-order valence-corrected chi connectivity index (χ3v) is 3.12. The smallest absolute Gasteiger partial charge is 0.165 e. The van der Waals surface area contributed by atoms with Gasteiger partial charge >= 0.3 is 0 Å².